The predicted molar refractivity (Wildman–Crippen MR) is 75.0 cm³/mol. The van der Waals surface area contributed by atoms with Crippen LogP contribution in [0.1, 0.15) is 13.3 Å². The first-order valence-electron chi connectivity index (χ1n) is 6.46. The molecule has 1 fully saturated rings. The van der Waals surface area contributed by atoms with Crippen molar-refractivity contribution >= 4 is 17.7 Å². The molecule has 1 aromatic rings. The molecule has 1 amide bonds. The average Bonchev–Trinajstić information content (AvgIpc) is 2.35. The van der Waals surface area contributed by atoms with E-state index in [1.807, 2.05) is 4.90 Å². The van der Waals surface area contributed by atoms with Crippen LogP contribution >= 0.6 is 11.8 Å². The number of nitrogens with zero attached hydrogens (tertiary/aromatic N) is 1. The van der Waals surface area contributed by atoms with E-state index in [1.54, 1.807) is 23.9 Å². The van der Waals surface area contributed by atoms with Crippen LogP contribution in [0.5, 0.6) is 5.75 Å². The number of likely N-dealkylation sites (tertiary alicyclic amines) is 1. The molecule has 0 spiro atoms. The van der Waals surface area contributed by atoms with Crippen LogP contribution in [-0.2, 0) is 4.79 Å². The minimum absolute atomic E-state index is 0.0354. The van der Waals surface area contributed by atoms with Crippen LogP contribution in [0, 0.1) is 5.82 Å². The molecule has 1 aliphatic heterocycles. The average molecular weight is 283 g/mol. The first kappa shape index (κ1) is 14.2. The van der Waals surface area contributed by atoms with Crippen LogP contribution in [0.3, 0.4) is 0 Å². The standard InChI is InChI=1S/C14H18FNO2S/c1-2-19-8-7-14(17)16-9-13(10-16)18-12-5-3-11(15)4-6-12/h3-6,13H,2,7-10H2,1H3. The van der Waals surface area contributed by atoms with Gasteiger partial charge in [-0.2, -0.15) is 11.8 Å². The Morgan fingerprint density at radius 2 is 2.11 bits per heavy atom. The van der Waals surface area contributed by atoms with E-state index in [4.69, 9.17) is 4.74 Å². The Labute approximate surface area is 117 Å². The molecule has 19 heavy (non-hydrogen) atoms. The Kier molecular flexibility index (Phi) is 5.07. The predicted octanol–water partition coefficient (Wildman–Crippen LogP) is 2.56. The van der Waals surface area contributed by atoms with Gasteiger partial charge < -0.3 is 9.64 Å². The molecule has 3 nitrogen and oxygen atoms in total. The van der Waals surface area contributed by atoms with Crippen molar-refractivity contribution in [3.8, 4) is 5.75 Å². The maximum absolute atomic E-state index is 12.7. The molecule has 0 atom stereocenters. The molecule has 0 N–H and O–H groups in total. The lowest BCUT2D eigenvalue weighted by molar-refractivity contribution is -0.139. The number of carbonyl (C=O) groups is 1. The van der Waals surface area contributed by atoms with Gasteiger partial charge in [-0.3, -0.25) is 4.79 Å². The summed E-state index contributed by atoms with van der Waals surface area (Å²) in [6, 6.07) is 5.97. The van der Waals surface area contributed by atoms with Crippen molar-refractivity contribution in [1.82, 2.24) is 4.90 Å². The first-order chi connectivity index (χ1) is 9.19. The van der Waals surface area contributed by atoms with E-state index in [1.165, 1.54) is 12.1 Å². The van der Waals surface area contributed by atoms with Gasteiger partial charge in [0.15, 0.2) is 0 Å². The van der Waals surface area contributed by atoms with Crippen molar-refractivity contribution in [3.63, 3.8) is 0 Å². The Bertz CT molecular complexity index is 418. The van der Waals surface area contributed by atoms with E-state index in [2.05, 4.69) is 6.92 Å². The summed E-state index contributed by atoms with van der Waals surface area (Å²) in [5, 5.41) is 0. The van der Waals surface area contributed by atoms with Gasteiger partial charge in [-0.25, -0.2) is 4.39 Å². The molecule has 2 rings (SSSR count). The molecule has 1 aliphatic rings. The monoisotopic (exact) mass is 283 g/mol. The second-order valence-corrected chi connectivity index (χ2v) is 5.83. The van der Waals surface area contributed by atoms with Gasteiger partial charge in [0.25, 0.3) is 0 Å². The summed E-state index contributed by atoms with van der Waals surface area (Å²) in [7, 11) is 0. The third-order valence-electron chi connectivity index (χ3n) is 2.98. The van der Waals surface area contributed by atoms with Crippen LogP contribution in [0.15, 0.2) is 24.3 Å². The van der Waals surface area contributed by atoms with Crippen molar-refractivity contribution in [3.05, 3.63) is 30.1 Å². The molecule has 104 valence electrons. The van der Waals surface area contributed by atoms with Gasteiger partial charge in [0, 0.05) is 12.2 Å². The van der Waals surface area contributed by atoms with Crippen LogP contribution in [0.4, 0.5) is 4.39 Å². The molecule has 1 heterocycles. The van der Waals surface area contributed by atoms with E-state index in [0.717, 1.165) is 11.5 Å². The number of ether oxygens (including phenoxy) is 1. The number of carbonyl (C=O) groups excluding carboxylic acids is 1. The lowest BCUT2D eigenvalue weighted by Crippen LogP contribution is -2.56. The van der Waals surface area contributed by atoms with Crippen LogP contribution in [0.25, 0.3) is 0 Å². The highest BCUT2D eigenvalue weighted by Crippen LogP contribution is 2.19. The summed E-state index contributed by atoms with van der Waals surface area (Å²) in [6.07, 6.45) is 0.634. The molecule has 0 radical (unpaired) electrons. The Balaban J connectivity index is 1.68. The summed E-state index contributed by atoms with van der Waals surface area (Å²) in [5.74, 6) is 2.50. The van der Waals surface area contributed by atoms with Crippen molar-refractivity contribution in [2.24, 2.45) is 0 Å². The number of hydrogen-bond acceptors (Lipinski definition) is 3. The van der Waals surface area contributed by atoms with E-state index in [9.17, 15) is 9.18 Å². The number of thioether (sulfide) groups is 1. The topological polar surface area (TPSA) is 29.5 Å². The normalized spacial score (nSPS) is 15.2. The summed E-state index contributed by atoms with van der Waals surface area (Å²) in [6.45, 7) is 3.35. The SMILES string of the molecule is CCSCCC(=O)N1CC(Oc2ccc(F)cc2)C1. The van der Waals surface area contributed by atoms with Gasteiger partial charge in [0.05, 0.1) is 13.1 Å². The lowest BCUT2D eigenvalue weighted by Gasteiger charge is -2.39. The third-order valence-corrected chi connectivity index (χ3v) is 3.88. The van der Waals surface area contributed by atoms with Gasteiger partial charge in [-0.1, -0.05) is 6.92 Å². The van der Waals surface area contributed by atoms with Crippen molar-refractivity contribution in [2.75, 3.05) is 24.6 Å². The Morgan fingerprint density at radius 3 is 2.74 bits per heavy atom. The van der Waals surface area contributed by atoms with Crippen molar-refractivity contribution in [1.29, 1.82) is 0 Å². The second kappa shape index (κ2) is 6.80. The van der Waals surface area contributed by atoms with Crippen LogP contribution in [0.2, 0.25) is 0 Å². The molecule has 5 heteroatoms. The largest absolute Gasteiger partial charge is 0.487 e. The smallest absolute Gasteiger partial charge is 0.223 e. The van der Waals surface area contributed by atoms with Crippen molar-refractivity contribution in [2.45, 2.75) is 19.4 Å². The fourth-order valence-corrected chi connectivity index (χ4v) is 2.49. The quantitative estimate of drug-likeness (QED) is 0.752. The van der Waals surface area contributed by atoms with Crippen LogP contribution < -0.4 is 4.74 Å². The summed E-state index contributed by atoms with van der Waals surface area (Å²) < 4.78 is 18.4. The van der Waals surface area contributed by atoms with Gasteiger partial charge >= 0.3 is 0 Å². The number of rotatable bonds is 6. The fourth-order valence-electron chi connectivity index (χ4n) is 1.88. The zero-order valence-electron chi connectivity index (χ0n) is 11.0. The van der Waals surface area contributed by atoms with Gasteiger partial charge in [0.1, 0.15) is 17.7 Å². The summed E-state index contributed by atoms with van der Waals surface area (Å²) in [5.41, 5.74) is 0. The maximum Gasteiger partial charge on any atom is 0.223 e. The zero-order valence-corrected chi connectivity index (χ0v) is 11.8. The number of hydrogen-bond donors (Lipinski definition) is 0. The first-order valence-corrected chi connectivity index (χ1v) is 7.62. The lowest BCUT2D eigenvalue weighted by atomic mass is 10.1. The molecule has 0 saturated carbocycles. The van der Waals surface area contributed by atoms with E-state index in [-0.39, 0.29) is 17.8 Å². The van der Waals surface area contributed by atoms with Crippen molar-refractivity contribution < 1.29 is 13.9 Å². The molecule has 1 aromatic carbocycles. The van der Waals surface area contributed by atoms with E-state index < -0.39 is 0 Å². The van der Waals surface area contributed by atoms with E-state index >= 15 is 0 Å². The van der Waals surface area contributed by atoms with Gasteiger partial charge in [-0.15, -0.1) is 0 Å². The molecule has 0 aliphatic carbocycles. The second-order valence-electron chi connectivity index (χ2n) is 4.44. The molecule has 1 saturated heterocycles. The third kappa shape index (κ3) is 4.13. The fraction of sp³-hybridized carbons (Fsp3) is 0.500. The summed E-state index contributed by atoms with van der Waals surface area (Å²) in [4.78, 5) is 13.6. The minimum atomic E-state index is -0.272. The molecule has 0 unspecified atom stereocenters. The minimum Gasteiger partial charge on any atom is -0.487 e. The van der Waals surface area contributed by atoms with Gasteiger partial charge in [0.2, 0.25) is 5.91 Å². The highest BCUT2D eigenvalue weighted by Gasteiger charge is 2.31. The molecule has 0 bridgehead atoms. The number of amides is 1. The molecular formula is C14H18FNO2S. The zero-order chi connectivity index (χ0) is 13.7. The highest BCUT2D eigenvalue weighted by atomic mass is 32.2. The van der Waals surface area contributed by atoms with Crippen LogP contribution in [-0.4, -0.2) is 41.5 Å². The van der Waals surface area contributed by atoms with Gasteiger partial charge in [-0.05, 0) is 30.0 Å². The van der Waals surface area contributed by atoms with E-state index in [0.29, 0.717) is 25.3 Å². The number of benzene rings is 1. The Hall–Kier alpha value is -1.23. The summed E-state index contributed by atoms with van der Waals surface area (Å²) >= 11 is 1.78. The molecule has 0 aromatic heterocycles. The highest BCUT2D eigenvalue weighted by molar-refractivity contribution is 7.99. The molecular weight excluding hydrogens is 265 g/mol. The number of halogens is 1. The Morgan fingerprint density at radius 1 is 1.42 bits per heavy atom. The maximum atomic E-state index is 12.7.